The molecule has 0 radical (unpaired) electrons. The molecule has 166 valence electrons. The molecule has 5 aromatic rings. The van der Waals surface area contributed by atoms with Crippen LogP contribution in [0.3, 0.4) is 0 Å². The number of aromatic nitrogens is 6. The summed E-state index contributed by atoms with van der Waals surface area (Å²) in [7, 11) is 1.60. The highest BCUT2D eigenvalue weighted by Crippen LogP contribution is 2.40. The lowest BCUT2D eigenvalue weighted by molar-refractivity contribution is 0.142. The first-order valence-corrected chi connectivity index (χ1v) is 10.5. The van der Waals surface area contributed by atoms with Crippen LogP contribution >= 0.6 is 0 Å². The van der Waals surface area contributed by atoms with Crippen LogP contribution in [-0.4, -0.2) is 33.8 Å². The fourth-order valence-corrected chi connectivity index (χ4v) is 4.76. The lowest BCUT2D eigenvalue weighted by Gasteiger charge is -2.30. The number of para-hydroxylation sites is 2. The quantitative estimate of drug-likeness (QED) is 0.448. The van der Waals surface area contributed by atoms with E-state index in [4.69, 9.17) is 0 Å². The number of imidazole rings is 2. The Bertz CT molecular complexity index is 1620. The average molecular weight is 448 g/mol. The van der Waals surface area contributed by atoms with Crippen LogP contribution in [0.4, 0.5) is 8.78 Å². The van der Waals surface area contributed by atoms with Crippen LogP contribution < -0.4 is 5.69 Å². The van der Waals surface area contributed by atoms with E-state index in [0.717, 1.165) is 17.1 Å². The summed E-state index contributed by atoms with van der Waals surface area (Å²) in [5, 5.41) is 10.4. The summed E-state index contributed by atoms with van der Waals surface area (Å²) in [5.41, 5.74) is 2.27. The molecule has 1 aliphatic carbocycles. The molecule has 0 aliphatic heterocycles. The number of hydrogen-bond acceptors (Lipinski definition) is 5. The predicted octanol–water partition coefficient (Wildman–Crippen LogP) is 3.16. The zero-order chi connectivity index (χ0) is 22.9. The molecule has 2 aromatic carbocycles. The third-order valence-electron chi connectivity index (χ3n) is 6.33. The zero-order valence-electron chi connectivity index (χ0n) is 17.5. The van der Waals surface area contributed by atoms with Crippen molar-refractivity contribution in [3.8, 4) is 5.95 Å². The minimum absolute atomic E-state index is 0.0198. The first-order chi connectivity index (χ1) is 15.9. The SMILES string of the molecule is Cn1c(=O)n([C@@H]2CC[C@@H](O)c3c(F)cc(F)cc32)c2nc(-n3cnc4ccccc43)ncc21. The Kier molecular flexibility index (Phi) is 4.21. The van der Waals surface area contributed by atoms with E-state index in [0.29, 0.717) is 23.5 Å². The Morgan fingerprint density at radius 2 is 1.91 bits per heavy atom. The lowest BCUT2D eigenvalue weighted by Crippen LogP contribution is -2.30. The maximum atomic E-state index is 14.6. The summed E-state index contributed by atoms with van der Waals surface area (Å²) < 4.78 is 33.3. The van der Waals surface area contributed by atoms with Crippen LogP contribution in [-0.2, 0) is 7.05 Å². The van der Waals surface area contributed by atoms with Gasteiger partial charge in [0.15, 0.2) is 5.65 Å². The van der Waals surface area contributed by atoms with Gasteiger partial charge >= 0.3 is 5.69 Å². The Morgan fingerprint density at radius 1 is 1.09 bits per heavy atom. The minimum Gasteiger partial charge on any atom is -0.388 e. The van der Waals surface area contributed by atoms with Crippen molar-refractivity contribution in [2.75, 3.05) is 0 Å². The van der Waals surface area contributed by atoms with Crippen molar-refractivity contribution < 1.29 is 13.9 Å². The summed E-state index contributed by atoms with van der Waals surface area (Å²) in [5.74, 6) is -1.27. The molecule has 10 heteroatoms. The van der Waals surface area contributed by atoms with Crippen molar-refractivity contribution in [3.63, 3.8) is 0 Å². The molecule has 1 aliphatic rings. The van der Waals surface area contributed by atoms with Gasteiger partial charge in [0.05, 0.1) is 29.4 Å². The van der Waals surface area contributed by atoms with Crippen LogP contribution in [0.5, 0.6) is 0 Å². The molecular formula is C23H18F2N6O2. The summed E-state index contributed by atoms with van der Waals surface area (Å²) in [6, 6.07) is 8.76. The molecule has 0 saturated heterocycles. The fraction of sp³-hybridized carbons (Fsp3) is 0.217. The van der Waals surface area contributed by atoms with Gasteiger partial charge < -0.3 is 5.11 Å². The molecule has 3 heterocycles. The Morgan fingerprint density at radius 3 is 2.76 bits per heavy atom. The molecule has 0 fully saturated rings. The van der Waals surface area contributed by atoms with Crippen LogP contribution in [0, 0.1) is 11.6 Å². The van der Waals surface area contributed by atoms with E-state index in [1.807, 2.05) is 24.3 Å². The van der Waals surface area contributed by atoms with Gasteiger partial charge in [0.25, 0.3) is 0 Å². The first kappa shape index (κ1) is 19.7. The number of halogens is 2. The maximum Gasteiger partial charge on any atom is 0.330 e. The second-order valence-electron chi connectivity index (χ2n) is 8.19. The standard InChI is InChI=1S/C23H18F2N6O2/c1-29-18-10-26-22(30-11-27-15-4-2-3-5-17(15)30)28-21(18)31(23(29)33)16-6-7-19(32)20-13(16)8-12(24)9-14(20)25/h2-5,8-11,16,19,32H,6-7H2,1H3/t16-,19-/m1/s1. The van der Waals surface area contributed by atoms with Crippen molar-refractivity contribution in [1.29, 1.82) is 0 Å². The summed E-state index contributed by atoms with van der Waals surface area (Å²) in [4.78, 5) is 26.7. The molecule has 3 aromatic heterocycles. The molecule has 8 nitrogen and oxygen atoms in total. The molecule has 0 bridgehead atoms. The average Bonchev–Trinajstić information content (AvgIpc) is 3.33. The monoisotopic (exact) mass is 448 g/mol. The van der Waals surface area contributed by atoms with Gasteiger partial charge in [0, 0.05) is 18.7 Å². The number of fused-ring (bicyclic) bond motifs is 3. The number of aryl methyl sites for hydroxylation is 1. The largest absolute Gasteiger partial charge is 0.388 e. The molecule has 33 heavy (non-hydrogen) atoms. The number of nitrogens with zero attached hydrogens (tertiary/aromatic N) is 6. The number of benzene rings is 2. The summed E-state index contributed by atoms with van der Waals surface area (Å²) in [6.45, 7) is 0. The normalized spacial score (nSPS) is 18.2. The van der Waals surface area contributed by atoms with E-state index in [2.05, 4.69) is 15.0 Å². The smallest absolute Gasteiger partial charge is 0.330 e. The summed E-state index contributed by atoms with van der Waals surface area (Å²) >= 11 is 0. The number of rotatable bonds is 2. The van der Waals surface area contributed by atoms with E-state index in [9.17, 15) is 18.7 Å². The van der Waals surface area contributed by atoms with E-state index in [1.54, 1.807) is 24.1 Å². The van der Waals surface area contributed by atoms with Crippen LogP contribution in [0.1, 0.15) is 36.1 Å². The molecule has 0 unspecified atom stereocenters. The third kappa shape index (κ3) is 2.83. The third-order valence-corrected chi connectivity index (χ3v) is 6.33. The van der Waals surface area contributed by atoms with E-state index >= 15 is 0 Å². The molecule has 0 saturated carbocycles. The van der Waals surface area contributed by atoms with Gasteiger partial charge in [-0.3, -0.25) is 13.7 Å². The van der Waals surface area contributed by atoms with Gasteiger partial charge in [-0.15, -0.1) is 0 Å². The number of aliphatic hydroxyl groups excluding tert-OH is 1. The van der Waals surface area contributed by atoms with Crippen LogP contribution in [0.25, 0.3) is 28.1 Å². The van der Waals surface area contributed by atoms with Crippen molar-refractivity contribution in [2.24, 2.45) is 7.05 Å². The number of aliphatic hydroxyl groups is 1. The van der Waals surface area contributed by atoms with Gasteiger partial charge in [-0.05, 0) is 36.6 Å². The first-order valence-electron chi connectivity index (χ1n) is 10.5. The van der Waals surface area contributed by atoms with Crippen LogP contribution in [0.15, 0.2) is 53.7 Å². The maximum absolute atomic E-state index is 14.6. The highest BCUT2D eigenvalue weighted by atomic mass is 19.1. The molecule has 6 rings (SSSR count). The fourth-order valence-electron chi connectivity index (χ4n) is 4.76. The van der Waals surface area contributed by atoms with Crippen molar-refractivity contribution >= 4 is 22.2 Å². The lowest BCUT2D eigenvalue weighted by atomic mass is 9.85. The van der Waals surface area contributed by atoms with Gasteiger partial charge in [-0.2, -0.15) is 4.98 Å². The summed E-state index contributed by atoms with van der Waals surface area (Å²) in [6.07, 6.45) is 2.64. The Hall–Kier alpha value is -3.92. The molecule has 1 N–H and O–H groups in total. The van der Waals surface area contributed by atoms with Crippen molar-refractivity contribution in [1.82, 2.24) is 28.7 Å². The van der Waals surface area contributed by atoms with Crippen LogP contribution in [0.2, 0.25) is 0 Å². The predicted molar refractivity (Wildman–Crippen MR) is 116 cm³/mol. The molecule has 0 amide bonds. The highest BCUT2D eigenvalue weighted by molar-refractivity contribution is 5.77. The van der Waals surface area contributed by atoms with E-state index < -0.39 is 23.8 Å². The zero-order valence-corrected chi connectivity index (χ0v) is 17.5. The second kappa shape index (κ2) is 7.04. The topological polar surface area (TPSA) is 90.8 Å². The van der Waals surface area contributed by atoms with E-state index in [1.165, 1.54) is 15.2 Å². The minimum atomic E-state index is -1.06. The number of hydrogen-bond donors (Lipinski definition) is 1. The Balaban J connectivity index is 1.60. The molecule has 2 atom stereocenters. The van der Waals surface area contributed by atoms with Crippen molar-refractivity contribution in [2.45, 2.75) is 25.0 Å². The second-order valence-corrected chi connectivity index (χ2v) is 8.19. The highest BCUT2D eigenvalue weighted by Gasteiger charge is 2.33. The van der Waals surface area contributed by atoms with Gasteiger partial charge in [-0.25, -0.2) is 23.5 Å². The van der Waals surface area contributed by atoms with Gasteiger partial charge in [0.2, 0.25) is 5.95 Å². The van der Waals surface area contributed by atoms with Crippen molar-refractivity contribution in [3.05, 3.63) is 82.2 Å². The van der Waals surface area contributed by atoms with Gasteiger partial charge in [0.1, 0.15) is 23.5 Å². The van der Waals surface area contributed by atoms with Gasteiger partial charge in [-0.1, -0.05) is 12.1 Å². The van der Waals surface area contributed by atoms with E-state index in [-0.39, 0.29) is 23.2 Å². The Labute approximate surface area is 185 Å². The molecular weight excluding hydrogens is 430 g/mol. The molecule has 0 spiro atoms.